The highest BCUT2D eigenvalue weighted by atomic mass is 32.2. The number of thiazole rings is 1. The molecule has 1 aliphatic heterocycles. The van der Waals surface area contributed by atoms with E-state index in [2.05, 4.69) is 15.4 Å². The lowest BCUT2D eigenvalue weighted by Gasteiger charge is -2.15. The summed E-state index contributed by atoms with van der Waals surface area (Å²) in [6.07, 6.45) is 0. The molecule has 1 atom stereocenters. The number of para-hydroxylation sites is 1. The minimum Gasteiger partial charge on any atom is -0.310 e. The second-order valence-electron chi connectivity index (χ2n) is 6.52. The predicted molar refractivity (Wildman–Crippen MR) is 111 cm³/mol. The molecular formula is C20H15FN4OS2. The zero-order valence-corrected chi connectivity index (χ0v) is 16.5. The van der Waals surface area contributed by atoms with Crippen LogP contribution in [0.1, 0.15) is 22.1 Å². The molecule has 0 bridgehead atoms. The monoisotopic (exact) mass is 410 g/mol. The maximum absolute atomic E-state index is 13.8. The summed E-state index contributed by atoms with van der Waals surface area (Å²) in [6.45, 7) is 1.91. The highest BCUT2D eigenvalue weighted by Gasteiger charge is 2.31. The first kappa shape index (κ1) is 17.4. The van der Waals surface area contributed by atoms with Gasteiger partial charge >= 0.3 is 0 Å². The third kappa shape index (κ3) is 2.89. The van der Waals surface area contributed by atoms with Crippen LogP contribution in [0.15, 0.2) is 48.5 Å². The summed E-state index contributed by atoms with van der Waals surface area (Å²) in [6, 6.07) is 14.4. The van der Waals surface area contributed by atoms with Crippen LogP contribution in [0, 0.1) is 12.7 Å². The zero-order chi connectivity index (χ0) is 19.3. The van der Waals surface area contributed by atoms with Crippen LogP contribution in [0.4, 0.5) is 10.2 Å². The number of hydrogen-bond acceptors (Lipinski definition) is 5. The molecule has 0 fully saturated rings. The molecular weight excluding hydrogens is 395 g/mol. The van der Waals surface area contributed by atoms with Gasteiger partial charge in [0, 0.05) is 5.56 Å². The number of carbonyl (C=O) groups excluding carboxylic acids is 1. The number of aryl methyl sites for hydroxylation is 1. The first-order valence-corrected chi connectivity index (χ1v) is 10.6. The largest absolute Gasteiger partial charge is 0.310 e. The van der Waals surface area contributed by atoms with Crippen molar-refractivity contribution in [2.24, 2.45) is 0 Å². The van der Waals surface area contributed by atoms with Crippen LogP contribution in [0.5, 0.6) is 0 Å². The summed E-state index contributed by atoms with van der Waals surface area (Å²) < 4.78 is 16.6. The Morgan fingerprint density at radius 3 is 2.89 bits per heavy atom. The van der Waals surface area contributed by atoms with Crippen LogP contribution < -0.4 is 5.32 Å². The van der Waals surface area contributed by atoms with Crippen LogP contribution >= 0.6 is 23.1 Å². The molecule has 1 N–H and O–H groups in total. The summed E-state index contributed by atoms with van der Waals surface area (Å²) in [5, 5.41) is 8.16. The van der Waals surface area contributed by atoms with Gasteiger partial charge in [0.1, 0.15) is 11.6 Å². The van der Waals surface area contributed by atoms with Gasteiger partial charge in [-0.1, -0.05) is 35.6 Å². The summed E-state index contributed by atoms with van der Waals surface area (Å²) in [5.74, 6) is 0.502. The number of aromatic nitrogens is 3. The van der Waals surface area contributed by atoms with Crippen LogP contribution in [0.25, 0.3) is 15.3 Å². The van der Waals surface area contributed by atoms with Gasteiger partial charge in [-0.2, -0.15) is 9.78 Å². The van der Waals surface area contributed by atoms with Gasteiger partial charge < -0.3 is 5.32 Å². The van der Waals surface area contributed by atoms with Gasteiger partial charge in [-0.25, -0.2) is 9.37 Å². The van der Waals surface area contributed by atoms with Crippen molar-refractivity contribution in [2.75, 3.05) is 11.1 Å². The fourth-order valence-corrected chi connectivity index (χ4v) is 5.51. The number of fused-ring (bicyclic) bond motifs is 2. The summed E-state index contributed by atoms with van der Waals surface area (Å²) >= 11 is 2.99. The third-order valence-electron chi connectivity index (χ3n) is 4.62. The first-order chi connectivity index (χ1) is 13.6. The molecule has 1 aliphatic rings. The number of hydrogen-bond donors (Lipinski definition) is 1. The van der Waals surface area contributed by atoms with E-state index < -0.39 is 0 Å². The SMILES string of the molecule is Cc1nn(-c2nc3ccccc3s2)c2c1C(c1cccc(F)c1)SCC(=O)N2. The van der Waals surface area contributed by atoms with Gasteiger partial charge in [0.25, 0.3) is 0 Å². The summed E-state index contributed by atoms with van der Waals surface area (Å²) in [5.41, 5.74) is 3.38. The molecule has 0 spiro atoms. The van der Waals surface area contributed by atoms with Crippen molar-refractivity contribution in [3.05, 3.63) is 71.2 Å². The molecule has 8 heteroatoms. The summed E-state index contributed by atoms with van der Waals surface area (Å²) in [4.78, 5) is 17.1. The molecule has 0 radical (unpaired) electrons. The van der Waals surface area contributed by atoms with Crippen molar-refractivity contribution in [3.63, 3.8) is 0 Å². The Morgan fingerprint density at radius 1 is 1.21 bits per heavy atom. The smallest absolute Gasteiger partial charge is 0.235 e. The van der Waals surface area contributed by atoms with E-state index in [-0.39, 0.29) is 22.7 Å². The fraction of sp³-hybridized carbons (Fsp3) is 0.150. The Labute approximate surface area is 168 Å². The van der Waals surface area contributed by atoms with Crippen LogP contribution in [0.2, 0.25) is 0 Å². The standard InChI is InChI=1S/C20H15FN4OS2/c1-11-17-18(12-5-4-6-13(21)9-12)27-10-16(26)23-19(17)25(24-11)20-22-14-7-2-3-8-15(14)28-20/h2-9,18H,10H2,1H3,(H,23,26). The molecule has 28 heavy (non-hydrogen) atoms. The second-order valence-corrected chi connectivity index (χ2v) is 8.62. The van der Waals surface area contributed by atoms with E-state index in [0.29, 0.717) is 10.9 Å². The zero-order valence-electron chi connectivity index (χ0n) is 14.8. The predicted octanol–water partition coefficient (Wildman–Crippen LogP) is 4.70. The van der Waals surface area contributed by atoms with E-state index in [1.165, 1.54) is 35.2 Å². The van der Waals surface area contributed by atoms with Crippen molar-refractivity contribution < 1.29 is 9.18 Å². The maximum atomic E-state index is 13.8. The van der Waals surface area contributed by atoms with E-state index in [0.717, 1.165) is 27.0 Å². The fourth-order valence-electron chi connectivity index (χ4n) is 3.41. The lowest BCUT2D eigenvalue weighted by molar-refractivity contribution is -0.113. The van der Waals surface area contributed by atoms with Crippen molar-refractivity contribution in [3.8, 4) is 5.13 Å². The van der Waals surface area contributed by atoms with Gasteiger partial charge in [0.05, 0.1) is 26.9 Å². The molecule has 3 heterocycles. The number of thioether (sulfide) groups is 1. The first-order valence-electron chi connectivity index (χ1n) is 8.72. The summed E-state index contributed by atoms with van der Waals surface area (Å²) in [7, 11) is 0. The number of amides is 1. The average Bonchev–Trinajstić information content (AvgIpc) is 3.18. The molecule has 0 aliphatic carbocycles. The minimum absolute atomic E-state index is 0.104. The molecule has 1 amide bonds. The minimum atomic E-state index is -0.292. The number of nitrogens with one attached hydrogen (secondary N) is 1. The van der Waals surface area contributed by atoms with E-state index in [4.69, 9.17) is 0 Å². The van der Waals surface area contributed by atoms with Crippen molar-refractivity contribution in [1.82, 2.24) is 14.8 Å². The van der Waals surface area contributed by atoms with Crippen molar-refractivity contribution in [2.45, 2.75) is 12.2 Å². The number of halogens is 1. The molecule has 5 rings (SSSR count). The molecule has 1 unspecified atom stereocenters. The van der Waals surface area contributed by atoms with E-state index in [9.17, 15) is 9.18 Å². The molecule has 4 aromatic rings. The average molecular weight is 410 g/mol. The normalized spacial score (nSPS) is 16.6. The molecule has 2 aromatic carbocycles. The number of rotatable bonds is 2. The molecule has 5 nitrogen and oxygen atoms in total. The van der Waals surface area contributed by atoms with Gasteiger partial charge in [0.2, 0.25) is 11.0 Å². The van der Waals surface area contributed by atoms with Gasteiger partial charge in [-0.15, -0.1) is 11.8 Å². The lowest BCUT2D eigenvalue weighted by Crippen LogP contribution is -2.15. The van der Waals surface area contributed by atoms with E-state index in [1.54, 1.807) is 10.7 Å². The third-order valence-corrected chi connectivity index (χ3v) is 6.91. The number of anilines is 1. The van der Waals surface area contributed by atoms with Gasteiger partial charge in [-0.05, 0) is 36.8 Å². The van der Waals surface area contributed by atoms with Crippen LogP contribution in [-0.4, -0.2) is 26.4 Å². The van der Waals surface area contributed by atoms with Crippen LogP contribution in [-0.2, 0) is 4.79 Å². The molecule has 0 saturated heterocycles. The quantitative estimate of drug-likeness (QED) is 0.520. The van der Waals surface area contributed by atoms with Crippen molar-refractivity contribution in [1.29, 1.82) is 0 Å². The Hall–Kier alpha value is -2.71. The second kappa shape index (κ2) is 6.72. The topological polar surface area (TPSA) is 59.8 Å². The molecule has 0 saturated carbocycles. The highest BCUT2D eigenvalue weighted by molar-refractivity contribution is 8.00. The number of nitrogens with zero attached hydrogens (tertiary/aromatic N) is 3. The Balaban J connectivity index is 1.70. The molecule has 2 aromatic heterocycles. The van der Waals surface area contributed by atoms with Gasteiger partial charge in [0.15, 0.2) is 0 Å². The van der Waals surface area contributed by atoms with Crippen molar-refractivity contribution >= 4 is 45.0 Å². The lowest BCUT2D eigenvalue weighted by atomic mass is 10.0. The highest BCUT2D eigenvalue weighted by Crippen LogP contribution is 2.44. The van der Waals surface area contributed by atoms with Gasteiger partial charge in [-0.3, -0.25) is 4.79 Å². The number of benzene rings is 2. The van der Waals surface area contributed by atoms with Crippen LogP contribution in [0.3, 0.4) is 0 Å². The van der Waals surface area contributed by atoms with E-state index in [1.807, 2.05) is 37.3 Å². The maximum Gasteiger partial charge on any atom is 0.235 e. The Kier molecular flexibility index (Phi) is 4.17. The Bertz CT molecular complexity index is 1180. The number of carbonyl (C=O) groups is 1. The van der Waals surface area contributed by atoms with E-state index >= 15 is 0 Å². The molecule has 140 valence electrons. The Morgan fingerprint density at radius 2 is 2.07 bits per heavy atom.